The van der Waals surface area contributed by atoms with Crippen molar-refractivity contribution in [3.63, 3.8) is 0 Å². The van der Waals surface area contributed by atoms with Crippen LogP contribution in [0.25, 0.3) is 10.2 Å². The molecule has 5 nitrogen and oxygen atoms in total. The lowest BCUT2D eigenvalue weighted by Crippen LogP contribution is -2.28. The molecule has 21 heavy (non-hydrogen) atoms. The molecule has 0 bridgehead atoms. The smallest absolute Gasteiger partial charge is 0.331 e. The zero-order valence-corrected chi connectivity index (χ0v) is 12.9. The molecule has 1 N–H and O–H groups in total. The lowest BCUT2D eigenvalue weighted by Gasteiger charge is -2.16. The van der Waals surface area contributed by atoms with Crippen molar-refractivity contribution in [2.45, 2.75) is 20.4 Å². The zero-order chi connectivity index (χ0) is 15.6. The van der Waals surface area contributed by atoms with E-state index >= 15 is 0 Å². The summed E-state index contributed by atoms with van der Waals surface area (Å²) in [6.07, 6.45) is 0. The number of likely N-dealkylation sites (N-methyl/N-ethyl adjacent to an activating group) is 1. The summed E-state index contributed by atoms with van der Waals surface area (Å²) in [5.41, 5.74) is 1.22. The molecule has 0 radical (unpaired) electrons. The Morgan fingerprint density at radius 2 is 1.90 bits per heavy atom. The lowest BCUT2D eigenvalue weighted by molar-refractivity contribution is -0.133. The van der Waals surface area contributed by atoms with Gasteiger partial charge in [-0.3, -0.25) is 4.79 Å². The molecule has 0 unspecified atom stereocenters. The largest absolute Gasteiger partial charge is 0.478 e. The standard InChI is InChI=1S/C15H16N2O3S/c1-9(10(2)15(19)20)14(18)17(3)8-13-16-11-6-4-5-7-12(11)21-13/h4-7H,8H2,1-3H3,(H,19,20). The summed E-state index contributed by atoms with van der Waals surface area (Å²) < 4.78 is 1.07. The van der Waals surface area contributed by atoms with Crippen LogP contribution in [0.4, 0.5) is 0 Å². The number of carboxylic acids is 1. The SMILES string of the molecule is CC(C(=O)O)=C(C)C(=O)N(C)Cc1nc2ccccc2s1. The number of aliphatic carboxylic acids is 1. The second kappa shape index (κ2) is 6.05. The number of fused-ring (bicyclic) bond motifs is 1. The fourth-order valence-corrected chi connectivity index (χ4v) is 2.89. The molecule has 6 heteroatoms. The van der Waals surface area contributed by atoms with Crippen molar-refractivity contribution in [1.29, 1.82) is 0 Å². The van der Waals surface area contributed by atoms with Crippen molar-refractivity contribution < 1.29 is 14.7 Å². The molecule has 0 spiro atoms. The summed E-state index contributed by atoms with van der Waals surface area (Å²) in [5.74, 6) is -1.37. The van der Waals surface area contributed by atoms with Crippen LogP contribution in [0.15, 0.2) is 35.4 Å². The molecule has 1 aromatic heterocycles. The van der Waals surface area contributed by atoms with Gasteiger partial charge in [0.15, 0.2) is 0 Å². The number of carbonyl (C=O) groups is 2. The van der Waals surface area contributed by atoms with Gasteiger partial charge in [0.1, 0.15) is 5.01 Å². The molecule has 0 saturated carbocycles. The number of thiazole rings is 1. The highest BCUT2D eigenvalue weighted by atomic mass is 32.1. The first kappa shape index (κ1) is 15.2. The van der Waals surface area contributed by atoms with Crippen LogP contribution < -0.4 is 0 Å². The van der Waals surface area contributed by atoms with Gasteiger partial charge in [0, 0.05) is 18.2 Å². The fourth-order valence-electron chi connectivity index (χ4n) is 1.87. The van der Waals surface area contributed by atoms with Gasteiger partial charge in [-0.15, -0.1) is 11.3 Å². The van der Waals surface area contributed by atoms with E-state index in [0.717, 1.165) is 15.2 Å². The van der Waals surface area contributed by atoms with Gasteiger partial charge in [-0.05, 0) is 26.0 Å². The number of amides is 1. The van der Waals surface area contributed by atoms with E-state index in [4.69, 9.17) is 5.11 Å². The molecule has 1 amide bonds. The summed E-state index contributed by atoms with van der Waals surface area (Å²) in [7, 11) is 1.65. The van der Waals surface area contributed by atoms with E-state index in [2.05, 4.69) is 4.98 Å². The van der Waals surface area contributed by atoms with Gasteiger partial charge in [0.2, 0.25) is 5.91 Å². The third-order valence-electron chi connectivity index (χ3n) is 3.26. The predicted molar refractivity (Wildman–Crippen MR) is 82.1 cm³/mol. The number of hydrogen-bond donors (Lipinski definition) is 1. The summed E-state index contributed by atoms with van der Waals surface area (Å²) in [4.78, 5) is 29.0. The van der Waals surface area contributed by atoms with Gasteiger partial charge in [0.25, 0.3) is 0 Å². The Morgan fingerprint density at radius 3 is 2.52 bits per heavy atom. The van der Waals surface area contributed by atoms with Crippen molar-refractivity contribution in [3.05, 3.63) is 40.4 Å². The van der Waals surface area contributed by atoms with Crippen LogP contribution in [-0.2, 0) is 16.1 Å². The van der Waals surface area contributed by atoms with E-state index in [-0.39, 0.29) is 17.1 Å². The van der Waals surface area contributed by atoms with E-state index in [1.807, 2.05) is 24.3 Å². The van der Waals surface area contributed by atoms with E-state index in [0.29, 0.717) is 6.54 Å². The first-order chi connectivity index (χ1) is 9.90. The van der Waals surface area contributed by atoms with Gasteiger partial charge in [-0.25, -0.2) is 9.78 Å². The van der Waals surface area contributed by atoms with Crippen molar-refractivity contribution in [1.82, 2.24) is 9.88 Å². The lowest BCUT2D eigenvalue weighted by atomic mass is 10.1. The molecule has 2 rings (SSSR count). The van der Waals surface area contributed by atoms with Crippen LogP contribution in [-0.4, -0.2) is 33.9 Å². The molecule has 0 atom stereocenters. The maximum atomic E-state index is 12.2. The molecule has 0 aliphatic carbocycles. The quantitative estimate of drug-likeness (QED) is 0.882. The highest BCUT2D eigenvalue weighted by Gasteiger charge is 2.17. The topological polar surface area (TPSA) is 70.5 Å². The van der Waals surface area contributed by atoms with Crippen molar-refractivity contribution in [2.75, 3.05) is 7.05 Å². The monoisotopic (exact) mass is 304 g/mol. The Hall–Kier alpha value is -2.21. The summed E-state index contributed by atoms with van der Waals surface area (Å²) >= 11 is 1.53. The van der Waals surface area contributed by atoms with Crippen LogP contribution in [0, 0.1) is 0 Å². The van der Waals surface area contributed by atoms with Gasteiger partial charge >= 0.3 is 5.97 Å². The molecule has 0 saturated heterocycles. The van der Waals surface area contributed by atoms with Crippen LogP contribution in [0.2, 0.25) is 0 Å². The molecule has 0 aliphatic rings. The molecule has 0 fully saturated rings. The number of rotatable bonds is 4. The molecule has 0 aliphatic heterocycles. The van der Waals surface area contributed by atoms with E-state index in [9.17, 15) is 9.59 Å². The summed E-state index contributed by atoms with van der Waals surface area (Å²) in [6.45, 7) is 3.32. The first-order valence-corrected chi connectivity index (χ1v) is 7.22. The van der Waals surface area contributed by atoms with Crippen LogP contribution in [0.5, 0.6) is 0 Å². The molecular formula is C15H16N2O3S. The number of aromatic nitrogens is 1. The normalized spacial score (nSPS) is 12.1. The number of para-hydroxylation sites is 1. The number of carboxylic acid groups (broad SMARTS) is 1. The molecule has 1 aromatic carbocycles. The number of carbonyl (C=O) groups excluding carboxylic acids is 1. The zero-order valence-electron chi connectivity index (χ0n) is 12.1. The highest BCUT2D eigenvalue weighted by molar-refractivity contribution is 7.18. The van der Waals surface area contributed by atoms with Gasteiger partial charge in [-0.1, -0.05) is 12.1 Å². The average Bonchev–Trinajstić information content (AvgIpc) is 2.86. The van der Waals surface area contributed by atoms with Gasteiger partial charge in [0.05, 0.1) is 16.8 Å². The van der Waals surface area contributed by atoms with E-state index < -0.39 is 5.97 Å². The van der Waals surface area contributed by atoms with Crippen LogP contribution >= 0.6 is 11.3 Å². The van der Waals surface area contributed by atoms with E-state index in [1.165, 1.54) is 30.1 Å². The maximum absolute atomic E-state index is 12.2. The van der Waals surface area contributed by atoms with Crippen LogP contribution in [0.1, 0.15) is 18.9 Å². The van der Waals surface area contributed by atoms with Crippen molar-refractivity contribution in [3.8, 4) is 0 Å². The third-order valence-corrected chi connectivity index (χ3v) is 4.28. The molecule has 1 heterocycles. The third kappa shape index (κ3) is 3.28. The summed E-state index contributed by atoms with van der Waals surface area (Å²) in [5, 5.41) is 9.76. The Morgan fingerprint density at radius 1 is 1.24 bits per heavy atom. The number of hydrogen-bond acceptors (Lipinski definition) is 4. The van der Waals surface area contributed by atoms with Crippen molar-refractivity contribution >= 4 is 33.4 Å². The van der Waals surface area contributed by atoms with Crippen molar-refractivity contribution in [2.24, 2.45) is 0 Å². The Bertz CT molecular complexity index is 700. The van der Waals surface area contributed by atoms with Gasteiger partial charge < -0.3 is 10.0 Å². The predicted octanol–water partition coefficient (Wildman–Crippen LogP) is 2.68. The second-order valence-electron chi connectivity index (χ2n) is 4.79. The molecule has 2 aromatic rings. The highest BCUT2D eigenvalue weighted by Crippen LogP contribution is 2.22. The first-order valence-electron chi connectivity index (χ1n) is 6.41. The fraction of sp³-hybridized carbons (Fsp3) is 0.267. The minimum absolute atomic E-state index is 0.0659. The Labute approximate surface area is 126 Å². The average molecular weight is 304 g/mol. The Kier molecular flexibility index (Phi) is 4.37. The minimum atomic E-state index is -1.07. The van der Waals surface area contributed by atoms with E-state index in [1.54, 1.807) is 7.05 Å². The van der Waals surface area contributed by atoms with Gasteiger partial charge in [-0.2, -0.15) is 0 Å². The maximum Gasteiger partial charge on any atom is 0.331 e. The number of benzene rings is 1. The second-order valence-corrected chi connectivity index (χ2v) is 5.91. The van der Waals surface area contributed by atoms with Crippen LogP contribution in [0.3, 0.4) is 0 Å². The Balaban J connectivity index is 2.17. The number of nitrogens with zero attached hydrogens (tertiary/aromatic N) is 2. The summed E-state index contributed by atoms with van der Waals surface area (Å²) in [6, 6.07) is 7.78. The minimum Gasteiger partial charge on any atom is -0.478 e. The molecule has 110 valence electrons. The molecular weight excluding hydrogens is 288 g/mol.